The Balaban J connectivity index is 0.000000162. The number of anilines is 4. The predicted octanol–water partition coefficient (Wildman–Crippen LogP) is 10.6. The third kappa shape index (κ3) is 8.93. The first-order valence-electron chi connectivity index (χ1n) is 16.1. The Labute approximate surface area is 318 Å². The second-order valence-corrected chi connectivity index (χ2v) is 14.2. The summed E-state index contributed by atoms with van der Waals surface area (Å²) >= 11 is 15.5. The quantitative estimate of drug-likeness (QED) is 0.0758. The lowest BCUT2D eigenvalue weighted by Crippen LogP contribution is -2.01. The number of benzene rings is 4. The van der Waals surface area contributed by atoms with E-state index >= 15 is 0 Å². The molecule has 4 aromatic carbocycles. The fourth-order valence-electron chi connectivity index (χ4n) is 5.15. The van der Waals surface area contributed by atoms with Crippen LogP contribution in [0.5, 0.6) is 0 Å². The van der Waals surface area contributed by atoms with Crippen LogP contribution in [0.4, 0.5) is 23.0 Å². The molecule has 0 saturated heterocycles. The SMILES string of the molecule is Clc1cccc(Nc2cc(SCc3ccccc3)n3nccc3n2)c1.O=Cc1cnn2c(SCc3ccccc3)cc(Nc3cccc(Cl)c3)nc12. The number of nitrogens with zero attached hydrogens (tertiary/aromatic N) is 6. The van der Waals surface area contributed by atoms with E-state index in [0.717, 1.165) is 50.7 Å². The van der Waals surface area contributed by atoms with Gasteiger partial charge in [0.15, 0.2) is 17.6 Å². The van der Waals surface area contributed by atoms with Crippen molar-refractivity contribution >= 4 is 87.3 Å². The summed E-state index contributed by atoms with van der Waals surface area (Å²) < 4.78 is 3.55. The van der Waals surface area contributed by atoms with Gasteiger partial charge in [-0.3, -0.25) is 4.79 Å². The van der Waals surface area contributed by atoms with Crippen LogP contribution in [0, 0.1) is 0 Å². The highest BCUT2D eigenvalue weighted by Gasteiger charge is 2.13. The van der Waals surface area contributed by atoms with E-state index < -0.39 is 0 Å². The minimum Gasteiger partial charge on any atom is -0.340 e. The van der Waals surface area contributed by atoms with Gasteiger partial charge in [0.2, 0.25) is 0 Å². The van der Waals surface area contributed by atoms with E-state index in [9.17, 15) is 4.79 Å². The molecule has 0 aliphatic heterocycles. The van der Waals surface area contributed by atoms with Gasteiger partial charge >= 0.3 is 0 Å². The maximum atomic E-state index is 11.3. The first kappa shape index (κ1) is 35.1. The number of carbonyl (C=O) groups excluding carboxylic acids is 1. The highest BCUT2D eigenvalue weighted by atomic mass is 35.5. The third-order valence-electron chi connectivity index (χ3n) is 7.57. The Hall–Kier alpha value is -5.33. The molecule has 0 spiro atoms. The third-order valence-corrected chi connectivity index (χ3v) is 10.2. The van der Waals surface area contributed by atoms with Crippen LogP contribution in [0.1, 0.15) is 21.5 Å². The number of aldehydes is 1. The van der Waals surface area contributed by atoms with Crippen molar-refractivity contribution in [1.82, 2.24) is 29.2 Å². The van der Waals surface area contributed by atoms with E-state index in [1.807, 2.05) is 95.5 Å². The smallest absolute Gasteiger partial charge is 0.169 e. The number of halogens is 2. The van der Waals surface area contributed by atoms with E-state index in [-0.39, 0.29) is 0 Å². The second kappa shape index (κ2) is 16.8. The van der Waals surface area contributed by atoms with E-state index in [1.165, 1.54) is 17.3 Å². The van der Waals surface area contributed by atoms with Gasteiger partial charge in [0.05, 0.1) is 18.0 Å². The molecule has 0 fully saturated rings. The summed E-state index contributed by atoms with van der Waals surface area (Å²) in [6.07, 6.45) is 4.06. The highest BCUT2D eigenvalue weighted by Crippen LogP contribution is 2.29. The zero-order chi connectivity index (χ0) is 35.7. The van der Waals surface area contributed by atoms with E-state index in [4.69, 9.17) is 23.2 Å². The Morgan fingerprint density at radius 2 is 1.17 bits per heavy atom. The summed E-state index contributed by atoms with van der Waals surface area (Å²) in [4.78, 5) is 20.5. The number of nitrogens with one attached hydrogen (secondary N) is 2. The summed E-state index contributed by atoms with van der Waals surface area (Å²) in [6, 6.07) is 41.4. The molecule has 8 aromatic rings. The molecule has 0 aliphatic rings. The number of thioether (sulfide) groups is 2. The van der Waals surface area contributed by atoms with Crippen LogP contribution in [0.2, 0.25) is 10.0 Å². The van der Waals surface area contributed by atoms with Crippen LogP contribution >= 0.6 is 46.7 Å². The average molecular weight is 762 g/mol. The Morgan fingerprint density at radius 1 is 0.615 bits per heavy atom. The summed E-state index contributed by atoms with van der Waals surface area (Å²) in [7, 11) is 0. The zero-order valence-electron chi connectivity index (χ0n) is 27.4. The molecule has 52 heavy (non-hydrogen) atoms. The summed E-state index contributed by atoms with van der Waals surface area (Å²) in [5.74, 6) is 3.05. The molecule has 0 amide bonds. The number of carbonyl (C=O) groups is 1. The molecule has 4 heterocycles. The van der Waals surface area contributed by atoms with Crippen molar-refractivity contribution in [3.05, 3.63) is 167 Å². The fraction of sp³-hybridized carbons (Fsp3) is 0.0513. The zero-order valence-corrected chi connectivity index (χ0v) is 30.6. The Morgan fingerprint density at radius 3 is 1.73 bits per heavy atom. The maximum Gasteiger partial charge on any atom is 0.169 e. The number of hydrogen-bond donors (Lipinski definition) is 2. The molecule has 4 aromatic heterocycles. The van der Waals surface area contributed by atoms with Crippen molar-refractivity contribution in [3.8, 4) is 0 Å². The van der Waals surface area contributed by atoms with E-state index in [2.05, 4.69) is 67.2 Å². The van der Waals surface area contributed by atoms with Crippen LogP contribution < -0.4 is 10.6 Å². The molecule has 2 N–H and O–H groups in total. The van der Waals surface area contributed by atoms with Gasteiger partial charge in [-0.05, 0) is 47.5 Å². The van der Waals surface area contributed by atoms with Crippen LogP contribution in [0.3, 0.4) is 0 Å². The van der Waals surface area contributed by atoms with Gasteiger partial charge in [0, 0.05) is 51.1 Å². The van der Waals surface area contributed by atoms with Gasteiger partial charge in [-0.2, -0.15) is 10.2 Å². The normalized spacial score (nSPS) is 10.9. The summed E-state index contributed by atoms with van der Waals surface area (Å²) in [6.45, 7) is 0. The molecule has 13 heteroatoms. The molecule has 0 aliphatic carbocycles. The molecule has 0 saturated carbocycles. The number of aromatic nitrogens is 6. The standard InChI is InChI=1S/C20H15ClN4OS.C19H15ClN4S/c21-16-7-4-8-17(9-16)23-18-10-19(27-13-14-5-2-1-3-6-14)25-20(24-18)15(12-26)11-22-25;20-15-7-4-8-16(11-15)22-17-12-19(24-18(23-17)9-10-21-24)25-13-14-5-2-1-3-6-14/h1-12H,13H2,(H,23,24);1-12H,13H2,(H,22,23). The fourth-order valence-corrected chi connectivity index (χ4v) is 7.45. The highest BCUT2D eigenvalue weighted by molar-refractivity contribution is 7.98. The minimum absolute atomic E-state index is 0.450. The molecule has 0 radical (unpaired) electrons. The first-order chi connectivity index (χ1) is 25.5. The maximum absolute atomic E-state index is 11.3. The van der Waals surface area contributed by atoms with Crippen LogP contribution in [-0.2, 0) is 11.5 Å². The first-order valence-corrected chi connectivity index (χ1v) is 18.8. The molecule has 8 rings (SSSR count). The second-order valence-electron chi connectivity index (χ2n) is 11.3. The molecule has 9 nitrogen and oxygen atoms in total. The Bertz CT molecular complexity index is 2440. The van der Waals surface area contributed by atoms with Gasteiger partial charge in [-0.15, -0.1) is 23.5 Å². The molecule has 0 atom stereocenters. The lowest BCUT2D eigenvalue weighted by molar-refractivity contribution is 0.112. The summed E-state index contributed by atoms with van der Waals surface area (Å²) in [5.41, 5.74) is 5.99. The van der Waals surface area contributed by atoms with Crippen molar-refractivity contribution in [2.45, 2.75) is 21.6 Å². The minimum atomic E-state index is 0.450. The number of hydrogen-bond acceptors (Lipinski definition) is 9. The van der Waals surface area contributed by atoms with Crippen molar-refractivity contribution in [2.24, 2.45) is 0 Å². The predicted molar refractivity (Wildman–Crippen MR) is 213 cm³/mol. The number of fused-ring (bicyclic) bond motifs is 2. The van der Waals surface area contributed by atoms with Crippen molar-refractivity contribution < 1.29 is 4.79 Å². The van der Waals surface area contributed by atoms with Crippen molar-refractivity contribution in [1.29, 1.82) is 0 Å². The molecule has 0 bridgehead atoms. The van der Waals surface area contributed by atoms with Crippen molar-refractivity contribution in [3.63, 3.8) is 0 Å². The van der Waals surface area contributed by atoms with E-state index in [0.29, 0.717) is 27.1 Å². The van der Waals surface area contributed by atoms with Crippen LogP contribution in [0.25, 0.3) is 11.3 Å². The van der Waals surface area contributed by atoms with Crippen LogP contribution in [-0.4, -0.2) is 35.5 Å². The molecular weight excluding hydrogens is 732 g/mol. The van der Waals surface area contributed by atoms with Gasteiger partial charge in [-0.1, -0.05) is 96.0 Å². The van der Waals surface area contributed by atoms with Gasteiger partial charge in [0.1, 0.15) is 21.7 Å². The lowest BCUT2D eigenvalue weighted by atomic mass is 10.2. The largest absolute Gasteiger partial charge is 0.340 e. The number of rotatable bonds is 11. The van der Waals surface area contributed by atoms with Gasteiger partial charge in [0.25, 0.3) is 0 Å². The Kier molecular flexibility index (Phi) is 11.3. The molecular formula is C39H30Cl2N8OS2. The van der Waals surface area contributed by atoms with Gasteiger partial charge < -0.3 is 10.6 Å². The average Bonchev–Trinajstić information content (AvgIpc) is 3.81. The summed E-state index contributed by atoms with van der Waals surface area (Å²) in [5, 5.41) is 18.5. The molecule has 258 valence electrons. The van der Waals surface area contributed by atoms with Crippen LogP contribution in [0.15, 0.2) is 150 Å². The topological polar surface area (TPSA) is 102 Å². The van der Waals surface area contributed by atoms with E-state index in [1.54, 1.807) is 34.2 Å². The van der Waals surface area contributed by atoms with Crippen molar-refractivity contribution in [2.75, 3.05) is 10.6 Å². The van der Waals surface area contributed by atoms with Gasteiger partial charge in [-0.25, -0.2) is 19.0 Å². The molecule has 0 unspecified atom stereocenters. The lowest BCUT2D eigenvalue weighted by Gasteiger charge is -2.10. The monoisotopic (exact) mass is 760 g/mol.